The molecular weight excluding hydrogens is 323 g/mol. The number of rotatable bonds is 7. The highest BCUT2D eigenvalue weighted by Crippen LogP contribution is 2.28. The van der Waals surface area contributed by atoms with Crippen LogP contribution >= 0.6 is 0 Å². The molecule has 0 aliphatic carbocycles. The lowest BCUT2D eigenvalue weighted by Crippen LogP contribution is -2.19. The molecule has 0 saturated carbocycles. The van der Waals surface area contributed by atoms with Crippen LogP contribution in [0.3, 0.4) is 0 Å². The third-order valence-electron chi connectivity index (χ3n) is 2.83. The predicted octanol–water partition coefficient (Wildman–Crippen LogP) is 3.96. The lowest BCUT2D eigenvalue weighted by molar-refractivity contribution is -0.153. The third kappa shape index (κ3) is 5.72. The van der Waals surface area contributed by atoms with Crippen LogP contribution in [-0.2, 0) is 0 Å². The summed E-state index contributed by atoms with van der Waals surface area (Å²) in [4.78, 5) is 0. The number of alkyl halides is 3. The van der Waals surface area contributed by atoms with E-state index in [2.05, 4.69) is 0 Å². The van der Waals surface area contributed by atoms with Crippen LogP contribution in [-0.4, -0.2) is 26.0 Å². The number of nitrogens with zero attached hydrogens (tertiary/aromatic N) is 1. The van der Waals surface area contributed by atoms with Crippen molar-refractivity contribution in [2.45, 2.75) is 6.18 Å². The van der Waals surface area contributed by atoms with Gasteiger partial charge in [0.2, 0.25) is 0 Å². The summed E-state index contributed by atoms with van der Waals surface area (Å²) in [6.45, 7) is -1.05. The fraction of sp³-hybridized carbons (Fsp3) is 0.235. The molecule has 126 valence electrons. The first kappa shape index (κ1) is 17.5. The standard InChI is InChI=1S/C17H14F3NO3/c18-17(19,20)12-24-16-4-2-1-3-15(16)23-10-9-22-14-7-5-13(11-21)6-8-14/h1-8H,9-10,12H2. The van der Waals surface area contributed by atoms with Crippen LogP contribution in [0.15, 0.2) is 48.5 Å². The van der Waals surface area contributed by atoms with Crippen molar-refractivity contribution >= 4 is 0 Å². The number of halogens is 3. The van der Waals surface area contributed by atoms with Gasteiger partial charge in [-0.1, -0.05) is 12.1 Å². The smallest absolute Gasteiger partial charge is 0.422 e. The van der Waals surface area contributed by atoms with Gasteiger partial charge in [-0.05, 0) is 36.4 Å². The van der Waals surface area contributed by atoms with Gasteiger partial charge >= 0.3 is 6.18 Å². The minimum atomic E-state index is -4.41. The first-order chi connectivity index (χ1) is 11.5. The van der Waals surface area contributed by atoms with Crippen LogP contribution in [0, 0.1) is 11.3 Å². The van der Waals surface area contributed by atoms with E-state index in [1.807, 2.05) is 6.07 Å². The molecule has 2 aromatic rings. The van der Waals surface area contributed by atoms with Crippen LogP contribution in [0.25, 0.3) is 0 Å². The number of para-hydroxylation sites is 2. The van der Waals surface area contributed by atoms with Gasteiger partial charge < -0.3 is 14.2 Å². The summed E-state index contributed by atoms with van der Waals surface area (Å²) in [5, 5.41) is 8.70. The van der Waals surface area contributed by atoms with Gasteiger partial charge in [0.25, 0.3) is 0 Å². The molecule has 0 N–H and O–H groups in total. The van der Waals surface area contributed by atoms with E-state index in [1.54, 1.807) is 36.4 Å². The molecule has 0 aliphatic heterocycles. The summed E-state index contributed by atoms with van der Waals surface area (Å²) in [6, 6.07) is 14.7. The van der Waals surface area contributed by atoms with Gasteiger partial charge in [0.1, 0.15) is 19.0 Å². The molecule has 0 atom stereocenters. The van der Waals surface area contributed by atoms with Gasteiger partial charge in [-0.25, -0.2) is 0 Å². The molecule has 0 spiro atoms. The molecule has 0 saturated heterocycles. The Balaban J connectivity index is 1.82. The van der Waals surface area contributed by atoms with Crippen LogP contribution in [0.5, 0.6) is 17.2 Å². The van der Waals surface area contributed by atoms with Gasteiger partial charge in [-0.15, -0.1) is 0 Å². The predicted molar refractivity (Wildman–Crippen MR) is 80.1 cm³/mol. The molecular formula is C17H14F3NO3. The zero-order valence-corrected chi connectivity index (χ0v) is 12.5. The normalized spacial score (nSPS) is 10.8. The molecule has 0 unspecified atom stereocenters. The second-order valence-electron chi connectivity index (χ2n) is 4.68. The Hall–Kier alpha value is -2.88. The lowest BCUT2D eigenvalue weighted by atomic mass is 10.2. The minimum absolute atomic E-state index is 0.0215. The van der Waals surface area contributed by atoms with E-state index in [-0.39, 0.29) is 24.7 Å². The van der Waals surface area contributed by atoms with Crippen molar-refractivity contribution in [3.63, 3.8) is 0 Å². The van der Waals surface area contributed by atoms with Crippen molar-refractivity contribution < 1.29 is 27.4 Å². The van der Waals surface area contributed by atoms with Crippen molar-refractivity contribution in [1.29, 1.82) is 5.26 Å². The lowest BCUT2D eigenvalue weighted by Gasteiger charge is -2.14. The highest BCUT2D eigenvalue weighted by Gasteiger charge is 2.28. The molecule has 2 rings (SSSR count). The van der Waals surface area contributed by atoms with E-state index in [0.717, 1.165) is 0 Å². The fourth-order valence-corrected chi connectivity index (χ4v) is 1.79. The monoisotopic (exact) mass is 337 g/mol. The SMILES string of the molecule is N#Cc1ccc(OCCOc2ccccc2OCC(F)(F)F)cc1. The third-order valence-corrected chi connectivity index (χ3v) is 2.83. The summed E-state index contributed by atoms with van der Waals surface area (Å²) in [6.07, 6.45) is -4.41. The van der Waals surface area contributed by atoms with E-state index < -0.39 is 12.8 Å². The topological polar surface area (TPSA) is 51.5 Å². The summed E-state index contributed by atoms with van der Waals surface area (Å²) in [7, 11) is 0. The van der Waals surface area contributed by atoms with Crippen molar-refractivity contribution in [3.8, 4) is 23.3 Å². The van der Waals surface area contributed by atoms with E-state index >= 15 is 0 Å². The maximum Gasteiger partial charge on any atom is 0.422 e. The highest BCUT2D eigenvalue weighted by atomic mass is 19.4. The summed E-state index contributed by atoms with van der Waals surface area (Å²) >= 11 is 0. The summed E-state index contributed by atoms with van der Waals surface area (Å²) in [5.41, 5.74) is 0.523. The first-order valence-electron chi connectivity index (χ1n) is 7.02. The van der Waals surface area contributed by atoms with E-state index in [1.165, 1.54) is 12.1 Å². The maximum absolute atomic E-state index is 12.2. The van der Waals surface area contributed by atoms with Crippen LogP contribution in [0.1, 0.15) is 5.56 Å². The number of hydrogen-bond donors (Lipinski definition) is 0. The van der Waals surface area contributed by atoms with Crippen LogP contribution < -0.4 is 14.2 Å². The van der Waals surface area contributed by atoms with Crippen molar-refractivity contribution in [3.05, 3.63) is 54.1 Å². The number of hydrogen-bond acceptors (Lipinski definition) is 4. The van der Waals surface area contributed by atoms with Gasteiger partial charge in [-0.3, -0.25) is 0 Å². The molecule has 0 fully saturated rings. The molecule has 0 radical (unpaired) electrons. The Morgan fingerprint density at radius 1 is 0.833 bits per heavy atom. The Labute approximate surface area is 137 Å². The molecule has 0 amide bonds. The fourth-order valence-electron chi connectivity index (χ4n) is 1.79. The van der Waals surface area contributed by atoms with Crippen molar-refractivity contribution in [2.24, 2.45) is 0 Å². The Kier molecular flexibility index (Phi) is 5.90. The quantitative estimate of drug-likeness (QED) is 0.718. The zero-order chi connectivity index (χ0) is 17.4. The Morgan fingerprint density at radius 3 is 2.00 bits per heavy atom. The molecule has 0 bridgehead atoms. The summed E-state index contributed by atoms with van der Waals surface area (Å²) < 4.78 is 52.2. The van der Waals surface area contributed by atoms with Crippen molar-refractivity contribution in [1.82, 2.24) is 0 Å². The Bertz CT molecular complexity index is 693. The van der Waals surface area contributed by atoms with Gasteiger partial charge in [-0.2, -0.15) is 18.4 Å². The first-order valence-corrected chi connectivity index (χ1v) is 7.02. The second-order valence-corrected chi connectivity index (χ2v) is 4.68. The highest BCUT2D eigenvalue weighted by molar-refractivity contribution is 5.39. The largest absolute Gasteiger partial charge is 0.490 e. The van der Waals surface area contributed by atoms with Crippen LogP contribution in [0.2, 0.25) is 0 Å². The average Bonchev–Trinajstić information content (AvgIpc) is 2.57. The minimum Gasteiger partial charge on any atom is -0.490 e. The second kappa shape index (κ2) is 8.11. The van der Waals surface area contributed by atoms with Gasteiger partial charge in [0.15, 0.2) is 18.1 Å². The maximum atomic E-state index is 12.2. The van der Waals surface area contributed by atoms with E-state index in [4.69, 9.17) is 19.5 Å². The average molecular weight is 337 g/mol. The molecule has 4 nitrogen and oxygen atoms in total. The molecule has 2 aromatic carbocycles. The number of benzene rings is 2. The molecule has 24 heavy (non-hydrogen) atoms. The van der Waals surface area contributed by atoms with Gasteiger partial charge in [0, 0.05) is 0 Å². The van der Waals surface area contributed by atoms with E-state index in [9.17, 15) is 13.2 Å². The van der Waals surface area contributed by atoms with Crippen LogP contribution in [0.4, 0.5) is 13.2 Å². The molecule has 0 heterocycles. The molecule has 0 aromatic heterocycles. The van der Waals surface area contributed by atoms with E-state index in [0.29, 0.717) is 11.3 Å². The molecule has 7 heteroatoms. The van der Waals surface area contributed by atoms with Crippen molar-refractivity contribution in [2.75, 3.05) is 19.8 Å². The van der Waals surface area contributed by atoms with Gasteiger partial charge in [0.05, 0.1) is 11.6 Å². The number of ether oxygens (including phenoxy) is 3. The number of nitriles is 1. The molecule has 0 aliphatic rings. The zero-order valence-electron chi connectivity index (χ0n) is 12.5. The summed E-state index contributed by atoms with van der Waals surface area (Å²) in [5.74, 6) is 0.803. The Morgan fingerprint density at radius 2 is 1.42 bits per heavy atom.